The Kier molecular flexibility index (Phi) is 9.92. The second kappa shape index (κ2) is 7.58. The molecule has 0 aromatic heterocycles. The molecule has 0 N–H and O–H groups in total. The monoisotopic (exact) mass is 154 g/mol. The summed E-state index contributed by atoms with van der Waals surface area (Å²) < 4.78 is 4.71. The topological polar surface area (TPSA) is 26.3 Å². The van der Waals surface area contributed by atoms with Gasteiger partial charge >= 0.3 is 35.5 Å². The van der Waals surface area contributed by atoms with Crippen molar-refractivity contribution in [3.8, 4) is 0 Å². The number of hydrogen-bond donors (Lipinski definition) is 0. The van der Waals surface area contributed by atoms with Gasteiger partial charge in [0.2, 0.25) is 0 Å². The van der Waals surface area contributed by atoms with E-state index in [1.807, 2.05) is 0 Å². The molecule has 0 heterocycles. The van der Waals surface area contributed by atoms with E-state index in [0.717, 1.165) is 6.42 Å². The molecular formula is C7H15NaO2. The molecule has 0 unspecified atom stereocenters. The maximum absolute atomic E-state index is 10.2. The summed E-state index contributed by atoms with van der Waals surface area (Å²) in [6, 6.07) is 0. The van der Waals surface area contributed by atoms with E-state index in [0.29, 0.717) is 12.5 Å². The molecule has 0 rings (SSSR count). The molecule has 10 heavy (non-hydrogen) atoms. The van der Waals surface area contributed by atoms with Crippen molar-refractivity contribution in [1.82, 2.24) is 0 Å². The minimum absolute atomic E-state index is 0. The van der Waals surface area contributed by atoms with Crippen molar-refractivity contribution < 1.29 is 9.53 Å². The molecule has 0 saturated carbocycles. The first kappa shape index (κ1) is 13.1. The van der Waals surface area contributed by atoms with Crippen LogP contribution >= 0.6 is 0 Å². The molecule has 0 radical (unpaired) electrons. The van der Waals surface area contributed by atoms with Crippen LogP contribution in [0.2, 0.25) is 0 Å². The van der Waals surface area contributed by atoms with Crippen molar-refractivity contribution in [3.63, 3.8) is 0 Å². The fraction of sp³-hybridized carbons (Fsp3) is 0.857. The van der Waals surface area contributed by atoms with Gasteiger partial charge in [0.05, 0.1) is 6.61 Å². The van der Waals surface area contributed by atoms with Gasteiger partial charge in [-0.25, -0.2) is 0 Å². The van der Waals surface area contributed by atoms with Crippen LogP contribution in [0.25, 0.3) is 0 Å². The van der Waals surface area contributed by atoms with Crippen molar-refractivity contribution >= 4 is 35.5 Å². The van der Waals surface area contributed by atoms with E-state index < -0.39 is 0 Å². The van der Waals surface area contributed by atoms with Gasteiger partial charge in [-0.1, -0.05) is 13.8 Å². The number of esters is 1. The Balaban J connectivity index is 0. The number of carbonyl (C=O) groups is 1. The van der Waals surface area contributed by atoms with Crippen LogP contribution < -0.4 is 0 Å². The summed E-state index contributed by atoms with van der Waals surface area (Å²) in [6.07, 6.45) is 0.958. The summed E-state index contributed by atoms with van der Waals surface area (Å²) in [5.74, 6) is 0.431. The first-order valence-corrected chi connectivity index (χ1v) is 3.26. The van der Waals surface area contributed by atoms with E-state index in [4.69, 9.17) is 4.74 Å². The second-order valence-electron chi connectivity index (χ2n) is 2.52. The first-order valence-electron chi connectivity index (χ1n) is 3.26. The molecule has 0 atom stereocenters. The SMILES string of the molecule is CC(=O)OCCC(C)C.[NaH]. The molecule has 2 nitrogen and oxygen atoms in total. The molecule has 0 bridgehead atoms. The van der Waals surface area contributed by atoms with Crippen LogP contribution in [0.5, 0.6) is 0 Å². The summed E-state index contributed by atoms with van der Waals surface area (Å²) in [4.78, 5) is 10.2. The number of ether oxygens (including phenoxy) is 1. The number of rotatable bonds is 3. The fourth-order valence-corrected chi connectivity index (χ4v) is 0.438. The Labute approximate surface area is 84.6 Å². The summed E-state index contributed by atoms with van der Waals surface area (Å²) in [5.41, 5.74) is 0. The molecule has 0 aromatic rings. The number of carbonyl (C=O) groups excluding carboxylic acids is 1. The van der Waals surface area contributed by atoms with Crippen LogP contribution in [-0.2, 0) is 9.53 Å². The zero-order valence-corrected chi connectivity index (χ0v) is 6.31. The van der Waals surface area contributed by atoms with Crippen LogP contribution in [0.3, 0.4) is 0 Å². The average Bonchev–Trinajstić information content (AvgIpc) is 1.63. The van der Waals surface area contributed by atoms with Gasteiger partial charge in [-0.15, -0.1) is 0 Å². The van der Waals surface area contributed by atoms with Gasteiger partial charge in [0, 0.05) is 6.92 Å². The van der Waals surface area contributed by atoms with Gasteiger partial charge in [0.1, 0.15) is 0 Å². The summed E-state index contributed by atoms with van der Waals surface area (Å²) in [5, 5.41) is 0. The van der Waals surface area contributed by atoms with Crippen molar-refractivity contribution in [2.75, 3.05) is 6.61 Å². The van der Waals surface area contributed by atoms with Gasteiger partial charge in [0.25, 0.3) is 0 Å². The minimum atomic E-state index is -0.185. The Hall–Kier alpha value is 0.470. The number of hydrogen-bond acceptors (Lipinski definition) is 2. The quantitative estimate of drug-likeness (QED) is 0.447. The molecule has 0 aliphatic rings. The molecule has 0 spiro atoms. The van der Waals surface area contributed by atoms with E-state index in [1.54, 1.807) is 0 Å². The standard InChI is InChI=1S/C7H14O2.Na.H/c1-6(2)4-5-9-7(3)8;;/h6H,4-5H2,1-3H3;;. The molecule has 56 valence electrons. The molecule has 0 aliphatic carbocycles. The van der Waals surface area contributed by atoms with Crippen molar-refractivity contribution in [3.05, 3.63) is 0 Å². The van der Waals surface area contributed by atoms with Crippen LogP contribution in [0.1, 0.15) is 27.2 Å². The third kappa shape index (κ3) is 11.3. The third-order valence-corrected chi connectivity index (χ3v) is 1.00. The van der Waals surface area contributed by atoms with Crippen molar-refractivity contribution in [2.24, 2.45) is 5.92 Å². The average molecular weight is 154 g/mol. The van der Waals surface area contributed by atoms with Gasteiger partial charge in [-0.05, 0) is 12.3 Å². The van der Waals surface area contributed by atoms with E-state index in [9.17, 15) is 4.79 Å². The second-order valence-corrected chi connectivity index (χ2v) is 2.52. The van der Waals surface area contributed by atoms with Crippen molar-refractivity contribution in [2.45, 2.75) is 27.2 Å². The zero-order valence-electron chi connectivity index (χ0n) is 6.31. The van der Waals surface area contributed by atoms with E-state index in [2.05, 4.69) is 13.8 Å². The normalized spacial score (nSPS) is 8.80. The maximum atomic E-state index is 10.2. The molecular weight excluding hydrogens is 139 g/mol. The van der Waals surface area contributed by atoms with Gasteiger partial charge in [-0.3, -0.25) is 4.79 Å². The fourth-order valence-electron chi connectivity index (χ4n) is 0.438. The van der Waals surface area contributed by atoms with E-state index in [-0.39, 0.29) is 35.5 Å². The molecule has 0 amide bonds. The Morgan fingerprint density at radius 2 is 2.00 bits per heavy atom. The molecule has 0 aliphatic heterocycles. The molecule has 0 saturated heterocycles. The molecule has 0 aromatic carbocycles. The zero-order chi connectivity index (χ0) is 7.28. The van der Waals surface area contributed by atoms with Crippen molar-refractivity contribution in [1.29, 1.82) is 0 Å². The van der Waals surface area contributed by atoms with Crippen LogP contribution in [0.15, 0.2) is 0 Å². The van der Waals surface area contributed by atoms with Gasteiger partial charge in [0.15, 0.2) is 0 Å². The van der Waals surface area contributed by atoms with Crippen LogP contribution in [0.4, 0.5) is 0 Å². The summed E-state index contributed by atoms with van der Waals surface area (Å²) >= 11 is 0. The van der Waals surface area contributed by atoms with Crippen LogP contribution in [-0.4, -0.2) is 42.1 Å². The van der Waals surface area contributed by atoms with E-state index in [1.165, 1.54) is 6.92 Å². The predicted octanol–water partition coefficient (Wildman–Crippen LogP) is 0.947. The Morgan fingerprint density at radius 1 is 1.50 bits per heavy atom. The van der Waals surface area contributed by atoms with E-state index >= 15 is 0 Å². The first-order chi connectivity index (χ1) is 4.13. The molecule has 3 heteroatoms. The molecule has 0 fully saturated rings. The Bertz CT molecular complexity index is 91.6. The van der Waals surface area contributed by atoms with Crippen LogP contribution in [0, 0.1) is 5.92 Å². The van der Waals surface area contributed by atoms with Gasteiger partial charge < -0.3 is 4.74 Å². The Morgan fingerprint density at radius 3 is 2.30 bits per heavy atom. The summed E-state index contributed by atoms with van der Waals surface area (Å²) in [7, 11) is 0. The van der Waals surface area contributed by atoms with Gasteiger partial charge in [-0.2, -0.15) is 0 Å². The third-order valence-electron chi connectivity index (χ3n) is 1.00. The predicted molar refractivity (Wildman–Crippen MR) is 43.2 cm³/mol. The summed E-state index contributed by atoms with van der Waals surface area (Å²) in [6.45, 7) is 6.19.